The fourth-order valence-corrected chi connectivity index (χ4v) is 4.87. The van der Waals surface area contributed by atoms with Crippen LogP contribution in [0, 0.1) is 22.7 Å². The van der Waals surface area contributed by atoms with Crippen molar-refractivity contribution in [1.82, 2.24) is 0 Å². The van der Waals surface area contributed by atoms with Gasteiger partial charge in [0.05, 0.1) is 0 Å². The zero-order valence-corrected chi connectivity index (χ0v) is 13.7. The van der Waals surface area contributed by atoms with Gasteiger partial charge in [0.25, 0.3) is 0 Å². The molecule has 0 amide bonds. The largest absolute Gasteiger partial charge is 0.459 e. The molecule has 20 heavy (non-hydrogen) atoms. The summed E-state index contributed by atoms with van der Waals surface area (Å²) >= 11 is 0. The molecule has 0 saturated heterocycles. The van der Waals surface area contributed by atoms with E-state index in [1.165, 1.54) is 6.92 Å². The first-order valence-electron chi connectivity index (χ1n) is 7.77. The molecule has 2 saturated carbocycles. The molecule has 3 nitrogen and oxygen atoms in total. The van der Waals surface area contributed by atoms with Crippen molar-refractivity contribution in [3.8, 4) is 0 Å². The summed E-state index contributed by atoms with van der Waals surface area (Å²) in [6.45, 7) is 12.2. The third-order valence-corrected chi connectivity index (χ3v) is 6.39. The summed E-state index contributed by atoms with van der Waals surface area (Å²) in [6.07, 6.45) is 3.44. The highest BCUT2D eigenvalue weighted by atomic mass is 16.6. The van der Waals surface area contributed by atoms with Gasteiger partial charge in [-0.15, -0.1) is 0 Å². The standard InChI is InChI=1S/C17H28O3/c1-11-16(5,20-12(2)18)10-7-13-15(3,4)9-8-14(19)17(11,13)6/h11,13H,7-10H2,1-6H3. The van der Waals surface area contributed by atoms with Gasteiger partial charge in [-0.1, -0.05) is 27.7 Å². The van der Waals surface area contributed by atoms with E-state index in [1.807, 2.05) is 6.92 Å². The van der Waals surface area contributed by atoms with E-state index in [0.29, 0.717) is 18.1 Å². The molecule has 0 heterocycles. The van der Waals surface area contributed by atoms with E-state index in [9.17, 15) is 9.59 Å². The number of rotatable bonds is 1. The molecule has 0 aliphatic heterocycles. The maximum atomic E-state index is 12.7. The number of fused-ring (bicyclic) bond motifs is 1. The Kier molecular flexibility index (Phi) is 3.55. The Morgan fingerprint density at radius 1 is 1.20 bits per heavy atom. The van der Waals surface area contributed by atoms with E-state index in [-0.39, 0.29) is 22.7 Å². The van der Waals surface area contributed by atoms with Gasteiger partial charge in [-0.2, -0.15) is 0 Å². The van der Waals surface area contributed by atoms with Crippen LogP contribution in [0.4, 0.5) is 0 Å². The van der Waals surface area contributed by atoms with Crippen molar-refractivity contribution < 1.29 is 14.3 Å². The minimum Gasteiger partial charge on any atom is -0.459 e. The number of ether oxygens (including phenoxy) is 1. The quantitative estimate of drug-likeness (QED) is 0.687. The average molecular weight is 280 g/mol. The summed E-state index contributed by atoms with van der Waals surface area (Å²) in [4.78, 5) is 24.1. The van der Waals surface area contributed by atoms with E-state index in [1.54, 1.807) is 0 Å². The maximum absolute atomic E-state index is 12.7. The number of Topliss-reactive ketones (excluding diaryl/α,β-unsaturated/α-hetero) is 1. The number of esters is 1. The Morgan fingerprint density at radius 2 is 1.80 bits per heavy atom. The van der Waals surface area contributed by atoms with Crippen molar-refractivity contribution in [2.75, 3.05) is 0 Å². The van der Waals surface area contributed by atoms with Crippen molar-refractivity contribution >= 4 is 11.8 Å². The van der Waals surface area contributed by atoms with Gasteiger partial charge in [0, 0.05) is 24.7 Å². The monoisotopic (exact) mass is 280 g/mol. The van der Waals surface area contributed by atoms with Crippen molar-refractivity contribution in [2.45, 2.75) is 72.8 Å². The summed E-state index contributed by atoms with van der Waals surface area (Å²) in [5.41, 5.74) is -0.696. The summed E-state index contributed by atoms with van der Waals surface area (Å²) in [6, 6.07) is 0. The molecule has 2 aliphatic carbocycles. The van der Waals surface area contributed by atoms with Gasteiger partial charge in [0.2, 0.25) is 0 Å². The van der Waals surface area contributed by atoms with Gasteiger partial charge in [-0.3, -0.25) is 9.59 Å². The molecule has 0 spiro atoms. The van der Waals surface area contributed by atoms with Crippen LogP contribution < -0.4 is 0 Å². The third-order valence-electron chi connectivity index (χ3n) is 6.39. The zero-order valence-electron chi connectivity index (χ0n) is 13.7. The summed E-state index contributed by atoms with van der Waals surface area (Å²) in [5.74, 6) is 0.552. The SMILES string of the molecule is CC(=O)OC1(C)CCC2C(C)(C)CCC(=O)C2(C)C1C. The van der Waals surface area contributed by atoms with Crippen LogP contribution in [-0.2, 0) is 14.3 Å². The normalized spacial score (nSPS) is 43.8. The number of carbonyl (C=O) groups excluding carboxylic acids is 2. The van der Waals surface area contributed by atoms with Crippen LogP contribution in [0.25, 0.3) is 0 Å². The number of hydrogen-bond donors (Lipinski definition) is 0. The summed E-state index contributed by atoms with van der Waals surface area (Å²) < 4.78 is 5.63. The van der Waals surface area contributed by atoms with Gasteiger partial charge in [0.1, 0.15) is 11.4 Å². The third kappa shape index (κ3) is 2.10. The van der Waals surface area contributed by atoms with Gasteiger partial charge in [-0.25, -0.2) is 0 Å². The van der Waals surface area contributed by atoms with Crippen LogP contribution in [-0.4, -0.2) is 17.4 Å². The first-order valence-corrected chi connectivity index (χ1v) is 7.77. The highest BCUT2D eigenvalue weighted by molar-refractivity contribution is 5.86. The van der Waals surface area contributed by atoms with Crippen molar-refractivity contribution in [1.29, 1.82) is 0 Å². The molecule has 0 bridgehead atoms. The smallest absolute Gasteiger partial charge is 0.303 e. The molecule has 0 aromatic carbocycles. The molecule has 0 aromatic heterocycles. The minimum absolute atomic E-state index is 0.0599. The Bertz CT molecular complexity index is 440. The lowest BCUT2D eigenvalue weighted by atomic mass is 9.45. The fraction of sp³-hybridized carbons (Fsp3) is 0.882. The predicted molar refractivity (Wildman–Crippen MR) is 78.2 cm³/mol. The lowest BCUT2D eigenvalue weighted by Gasteiger charge is -2.59. The highest BCUT2D eigenvalue weighted by Gasteiger charge is 2.61. The second kappa shape index (κ2) is 4.57. The second-order valence-corrected chi connectivity index (χ2v) is 7.91. The Labute approximate surface area is 122 Å². The first kappa shape index (κ1) is 15.5. The van der Waals surface area contributed by atoms with Gasteiger partial charge >= 0.3 is 5.97 Å². The van der Waals surface area contributed by atoms with E-state index in [4.69, 9.17) is 4.74 Å². The van der Waals surface area contributed by atoms with Crippen LogP contribution >= 0.6 is 0 Å². The molecule has 0 radical (unpaired) electrons. The second-order valence-electron chi connectivity index (χ2n) is 7.91. The zero-order chi connectivity index (χ0) is 15.3. The Balaban J connectivity index is 2.41. The number of carbonyl (C=O) groups is 2. The highest BCUT2D eigenvalue weighted by Crippen LogP contribution is 2.61. The van der Waals surface area contributed by atoms with Crippen molar-refractivity contribution in [2.24, 2.45) is 22.7 Å². The lowest BCUT2D eigenvalue weighted by molar-refractivity contribution is -0.196. The number of hydrogen-bond acceptors (Lipinski definition) is 3. The topological polar surface area (TPSA) is 43.4 Å². The molecule has 3 heteroatoms. The molecule has 2 rings (SSSR count). The van der Waals surface area contributed by atoms with Crippen LogP contribution in [0.1, 0.15) is 67.2 Å². The van der Waals surface area contributed by atoms with Crippen LogP contribution in [0.3, 0.4) is 0 Å². The molecule has 4 atom stereocenters. The number of ketones is 1. The predicted octanol–water partition coefficient (Wildman–Crippen LogP) is 3.75. The molecule has 0 aromatic rings. The van der Waals surface area contributed by atoms with E-state index in [0.717, 1.165) is 19.3 Å². The van der Waals surface area contributed by atoms with Gasteiger partial charge < -0.3 is 4.74 Å². The Morgan fingerprint density at radius 3 is 2.35 bits per heavy atom. The van der Waals surface area contributed by atoms with Crippen LogP contribution in [0.5, 0.6) is 0 Å². The van der Waals surface area contributed by atoms with E-state index in [2.05, 4.69) is 27.7 Å². The van der Waals surface area contributed by atoms with E-state index >= 15 is 0 Å². The average Bonchev–Trinajstić information content (AvgIpc) is 2.30. The summed E-state index contributed by atoms with van der Waals surface area (Å²) in [7, 11) is 0. The fourth-order valence-electron chi connectivity index (χ4n) is 4.87. The molecule has 4 unspecified atom stereocenters. The van der Waals surface area contributed by atoms with Gasteiger partial charge in [0.15, 0.2) is 0 Å². The molecular weight excluding hydrogens is 252 g/mol. The lowest BCUT2D eigenvalue weighted by Crippen LogP contribution is -2.61. The summed E-state index contributed by atoms with van der Waals surface area (Å²) in [5, 5.41) is 0. The molecule has 0 N–H and O–H groups in total. The molecular formula is C17H28O3. The van der Waals surface area contributed by atoms with Crippen LogP contribution in [0.2, 0.25) is 0 Å². The first-order chi connectivity index (χ1) is 9.04. The van der Waals surface area contributed by atoms with Crippen LogP contribution in [0.15, 0.2) is 0 Å². The van der Waals surface area contributed by atoms with Crippen molar-refractivity contribution in [3.63, 3.8) is 0 Å². The minimum atomic E-state index is -0.514. The molecule has 2 aliphatic rings. The van der Waals surface area contributed by atoms with Gasteiger partial charge in [-0.05, 0) is 37.5 Å². The van der Waals surface area contributed by atoms with Crippen molar-refractivity contribution in [3.05, 3.63) is 0 Å². The molecule has 114 valence electrons. The van der Waals surface area contributed by atoms with E-state index < -0.39 is 5.60 Å². The maximum Gasteiger partial charge on any atom is 0.303 e. The Hall–Kier alpha value is -0.860. The molecule has 2 fully saturated rings.